The number of hydrogen-bond acceptors (Lipinski definition) is 3. The summed E-state index contributed by atoms with van der Waals surface area (Å²) in [6.07, 6.45) is -0.597. The molecule has 0 radical (unpaired) electrons. The maximum atomic E-state index is 9.06. The molecule has 0 heterocycles. The van der Waals surface area contributed by atoms with Gasteiger partial charge in [-0.2, -0.15) is 0 Å². The topological polar surface area (TPSA) is 42.2 Å². The van der Waals surface area contributed by atoms with Gasteiger partial charge in [0.15, 0.2) is 0 Å². The van der Waals surface area contributed by atoms with Gasteiger partial charge in [0.1, 0.15) is 0 Å². The monoisotopic (exact) mass is 311 g/mol. The molecule has 0 bridgehead atoms. The number of rotatable bonds is 7. The van der Waals surface area contributed by atoms with Crippen LogP contribution in [-0.4, -0.2) is 34.3 Å². The molecule has 1 unspecified atom stereocenters. The number of ether oxygens (including phenoxy) is 2. The van der Waals surface area contributed by atoms with Crippen LogP contribution in [0, 0.1) is 11.3 Å². The van der Waals surface area contributed by atoms with Crippen molar-refractivity contribution in [2.24, 2.45) is 0 Å². The summed E-state index contributed by atoms with van der Waals surface area (Å²) in [5.74, 6) is 0.630. The summed E-state index contributed by atoms with van der Waals surface area (Å²) in [6.45, 7) is 4.82. The maximum absolute atomic E-state index is 9.06. The van der Waals surface area contributed by atoms with Crippen molar-refractivity contribution < 1.29 is 9.47 Å². The first kappa shape index (κ1) is 14.8. The van der Waals surface area contributed by atoms with E-state index in [4.69, 9.17) is 14.7 Å². The first-order chi connectivity index (χ1) is 8.81. The summed E-state index contributed by atoms with van der Waals surface area (Å²) >= 11 is 0.151. The van der Waals surface area contributed by atoms with Crippen LogP contribution in [0.5, 0.6) is 0 Å². The molecule has 0 fully saturated rings. The molecule has 0 aliphatic rings. The average molecular weight is 310 g/mol. The fourth-order valence-electron chi connectivity index (χ4n) is 1.31. The summed E-state index contributed by atoms with van der Waals surface area (Å²) < 4.78 is 12.1. The molecule has 96 valence electrons. The first-order valence-electron chi connectivity index (χ1n) is 5.87. The van der Waals surface area contributed by atoms with Crippen LogP contribution >= 0.6 is 0 Å². The molecule has 0 spiro atoms. The Labute approximate surface area is 115 Å². The van der Waals surface area contributed by atoms with Crippen LogP contribution in [0.4, 0.5) is 0 Å². The van der Waals surface area contributed by atoms with E-state index in [9.17, 15) is 0 Å². The van der Waals surface area contributed by atoms with Gasteiger partial charge in [-0.1, -0.05) is 0 Å². The van der Waals surface area contributed by atoms with Crippen molar-refractivity contribution in [3.05, 3.63) is 41.1 Å². The quantitative estimate of drug-likeness (QED) is 0.570. The number of hydrogen-bond donors (Lipinski definition) is 0. The molecule has 0 amide bonds. The van der Waals surface area contributed by atoms with Crippen LogP contribution < -0.4 is 4.46 Å². The fraction of sp³-hybridized carbons (Fsp3) is 0.357. The second-order valence-electron chi connectivity index (χ2n) is 3.35. The van der Waals surface area contributed by atoms with Crippen molar-refractivity contribution in [2.45, 2.75) is 20.0 Å². The van der Waals surface area contributed by atoms with Crippen LogP contribution in [0.2, 0.25) is 0 Å². The molecule has 1 rings (SSSR count). The molecule has 0 aliphatic heterocycles. The Balaban J connectivity index is 2.74. The molecule has 18 heavy (non-hydrogen) atoms. The van der Waals surface area contributed by atoms with E-state index in [1.807, 2.05) is 37.0 Å². The Morgan fingerprint density at radius 2 is 2.06 bits per heavy atom. The zero-order valence-corrected chi connectivity index (χ0v) is 12.3. The van der Waals surface area contributed by atoms with Crippen LogP contribution in [0.15, 0.2) is 41.1 Å². The third-order valence-electron chi connectivity index (χ3n) is 2.07. The molecular weight excluding hydrogens is 293 g/mol. The first-order valence-corrected chi connectivity index (χ1v) is 7.72. The Morgan fingerprint density at radius 1 is 1.33 bits per heavy atom. The van der Waals surface area contributed by atoms with Crippen molar-refractivity contribution in [3.63, 3.8) is 0 Å². The van der Waals surface area contributed by atoms with Gasteiger partial charge in [0.25, 0.3) is 0 Å². The van der Waals surface area contributed by atoms with E-state index in [1.54, 1.807) is 0 Å². The van der Waals surface area contributed by atoms with Crippen molar-refractivity contribution >= 4 is 19.4 Å². The van der Waals surface area contributed by atoms with E-state index in [0.29, 0.717) is 19.0 Å². The van der Waals surface area contributed by atoms with Gasteiger partial charge in [-0.15, -0.1) is 0 Å². The summed E-state index contributed by atoms with van der Waals surface area (Å²) in [7, 11) is 0. The van der Waals surface area contributed by atoms with Crippen molar-refractivity contribution in [3.8, 4) is 6.07 Å². The van der Waals surface area contributed by atoms with Gasteiger partial charge >= 0.3 is 114 Å². The SMILES string of the molecule is CCO/C(=C\[Se]c1ccccc1)C(C#N)OCC. The van der Waals surface area contributed by atoms with Crippen molar-refractivity contribution in [2.75, 3.05) is 13.2 Å². The van der Waals surface area contributed by atoms with E-state index in [-0.39, 0.29) is 15.0 Å². The third kappa shape index (κ3) is 4.93. The molecule has 0 N–H and O–H groups in total. The van der Waals surface area contributed by atoms with E-state index in [0.717, 1.165) is 0 Å². The second-order valence-corrected chi connectivity index (χ2v) is 5.33. The van der Waals surface area contributed by atoms with Crippen molar-refractivity contribution in [1.82, 2.24) is 0 Å². The molecule has 1 atom stereocenters. The molecule has 0 aliphatic carbocycles. The van der Waals surface area contributed by atoms with Crippen LogP contribution in [0.1, 0.15) is 13.8 Å². The van der Waals surface area contributed by atoms with Gasteiger partial charge in [0, 0.05) is 0 Å². The van der Waals surface area contributed by atoms with Crippen molar-refractivity contribution in [1.29, 1.82) is 5.26 Å². The Morgan fingerprint density at radius 3 is 2.61 bits per heavy atom. The molecule has 1 aromatic rings. The van der Waals surface area contributed by atoms with Crippen LogP contribution in [-0.2, 0) is 9.47 Å². The minimum absolute atomic E-state index is 0.151. The Kier molecular flexibility index (Phi) is 7.20. The average Bonchev–Trinajstić information content (AvgIpc) is 2.42. The minimum atomic E-state index is -0.597. The summed E-state index contributed by atoms with van der Waals surface area (Å²) in [5.41, 5.74) is 0. The Hall–Kier alpha value is -1.27. The van der Waals surface area contributed by atoms with Crippen LogP contribution in [0.25, 0.3) is 0 Å². The third-order valence-corrected chi connectivity index (χ3v) is 3.95. The van der Waals surface area contributed by atoms with E-state index in [1.165, 1.54) is 4.46 Å². The summed E-state index contributed by atoms with van der Waals surface area (Å²) in [6, 6.07) is 12.3. The van der Waals surface area contributed by atoms with Crippen LogP contribution in [0.3, 0.4) is 0 Å². The standard InChI is InChI=1S/C14H17NO2Se/c1-3-16-13(10-15)14(17-4-2)11-18-12-8-6-5-7-9-12/h5-9,11,13H,3-4H2,1-2H3/b14-11-. The zero-order chi connectivity index (χ0) is 13.2. The van der Waals surface area contributed by atoms with E-state index >= 15 is 0 Å². The molecule has 0 aromatic heterocycles. The normalized spacial score (nSPS) is 12.8. The van der Waals surface area contributed by atoms with Gasteiger partial charge in [0.05, 0.1) is 0 Å². The van der Waals surface area contributed by atoms with Gasteiger partial charge in [-0.3, -0.25) is 0 Å². The predicted molar refractivity (Wildman–Crippen MR) is 72.6 cm³/mol. The van der Waals surface area contributed by atoms with Gasteiger partial charge in [-0.25, -0.2) is 0 Å². The van der Waals surface area contributed by atoms with E-state index < -0.39 is 6.10 Å². The van der Waals surface area contributed by atoms with Gasteiger partial charge in [-0.05, 0) is 0 Å². The molecule has 0 saturated carbocycles. The van der Waals surface area contributed by atoms with Gasteiger partial charge in [0.2, 0.25) is 0 Å². The number of nitriles is 1. The summed E-state index contributed by atoms with van der Waals surface area (Å²) in [4.78, 5) is 1.98. The number of nitrogens with zero attached hydrogens (tertiary/aromatic N) is 1. The number of benzene rings is 1. The molecule has 4 heteroatoms. The predicted octanol–water partition coefficient (Wildman–Crippen LogP) is 1.82. The molecular formula is C14H17NO2Se. The molecule has 3 nitrogen and oxygen atoms in total. The van der Waals surface area contributed by atoms with Gasteiger partial charge < -0.3 is 0 Å². The fourth-order valence-corrected chi connectivity index (χ4v) is 2.90. The zero-order valence-electron chi connectivity index (χ0n) is 10.6. The van der Waals surface area contributed by atoms with E-state index in [2.05, 4.69) is 18.2 Å². The Bertz CT molecular complexity index is 412. The summed E-state index contributed by atoms with van der Waals surface area (Å²) in [5, 5.41) is 9.06. The second kappa shape index (κ2) is 8.77. The molecule has 1 aromatic carbocycles. The molecule has 0 saturated heterocycles.